The first-order valence-electron chi connectivity index (χ1n) is 8.54. The highest BCUT2D eigenvalue weighted by Gasteiger charge is 2.38. The number of allylic oxidation sites excluding steroid dienone is 1. The summed E-state index contributed by atoms with van der Waals surface area (Å²) >= 11 is 1.61. The monoisotopic (exact) mass is 363 g/mol. The minimum atomic E-state index is 0.345. The molecule has 3 heterocycles. The fourth-order valence-electron chi connectivity index (χ4n) is 3.27. The summed E-state index contributed by atoms with van der Waals surface area (Å²) in [6, 6.07) is 2.36. The van der Waals surface area contributed by atoms with Crippen LogP contribution in [0.1, 0.15) is 20.3 Å². The molecular formula is C18H25N3O3S. The molecule has 1 saturated heterocycles. The van der Waals surface area contributed by atoms with Crippen LogP contribution in [0.25, 0.3) is 0 Å². The molecule has 0 saturated carbocycles. The van der Waals surface area contributed by atoms with Crippen molar-refractivity contribution in [2.45, 2.75) is 31.2 Å². The Hall–Kier alpha value is -1.57. The molecule has 1 aromatic rings. The second-order valence-electron chi connectivity index (χ2n) is 6.07. The van der Waals surface area contributed by atoms with Crippen LogP contribution >= 0.6 is 11.8 Å². The number of aliphatic imine (C=N–C) groups is 1. The van der Waals surface area contributed by atoms with E-state index in [1.807, 2.05) is 32.2 Å². The third-order valence-corrected chi connectivity index (χ3v) is 5.41. The molecule has 1 unspecified atom stereocenters. The highest BCUT2D eigenvalue weighted by atomic mass is 32.2. The zero-order chi connectivity index (χ0) is 17.6. The molecule has 136 valence electrons. The lowest BCUT2D eigenvalue weighted by molar-refractivity contribution is -0.0414. The summed E-state index contributed by atoms with van der Waals surface area (Å²) in [5, 5.41) is 0.953. The number of hydrogen-bond acceptors (Lipinski definition) is 7. The Morgan fingerprint density at radius 2 is 2.40 bits per heavy atom. The summed E-state index contributed by atoms with van der Waals surface area (Å²) in [4.78, 5) is 12.4. The van der Waals surface area contributed by atoms with E-state index >= 15 is 0 Å². The summed E-state index contributed by atoms with van der Waals surface area (Å²) in [6.45, 7) is 6.59. The van der Waals surface area contributed by atoms with E-state index < -0.39 is 0 Å². The van der Waals surface area contributed by atoms with Gasteiger partial charge >= 0.3 is 0 Å². The summed E-state index contributed by atoms with van der Waals surface area (Å²) in [5.74, 6) is 2.28. The molecule has 1 aromatic heterocycles. The maximum atomic E-state index is 6.10. The maximum absolute atomic E-state index is 6.10. The third kappa shape index (κ3) is 4.16. The molecule has 2 aliphatic heterocycles. The molecule has 7 heteroatoms. The van der Waals surface area contributed by atoms with E-state index in [0.29, 0.717) is 32.0 Å². The van der Waals surface area contributed by atoms with Crippen LogP contribution in [0.4, 0.5) is 5.82 Å². The SMILES string of the molecule is C/C=N\C(=C/C)Sc1ccnc2c1OCC1C[C@H](COCOC)CN21. The van der Waals surface area contributed by atoms with Crippen molar-refractivity contribution >= 4 is 23.8 Å². The molecule has 2 atom stereocenters. The third-order valence-electron chi connectivity index (χ3n) is 4.32. The minimum Gasteiger partial charge on any atom is -0.486 e. The van der Waals surface area contributed by atoms with E-state index in [4.69, 9.17) is 14.2 Å². The van der Waals surface area contributed by atoms with Crippen LogP contribution in [-0.2, 0) is 9.47 Å². The van der Waals surface area contributed by atoms with E-state index in [-0.39, 0.29) is 0 Å². The van der Waals surface area contributed by atoms with Crippen LogP contribution in [0, 0.1) is 5.92 Å². The van der Waals surface area contributed by atoms with Crippen molar-refractivity contribution in [1.29, 1.82) is 0 Å². The van der Waals surface area contributed by atoms with Gasteiger partial charge in [0, 0.05) is 32.0 Å². The number of ether oxygens (including phenoxy) is 3. The Balaban J connectivity index is 1.75. The van der Waals surface area contributed by atoms with Crippen LogP contribution in [0.2, 0.25) is 0 Å². The van der Waals surface area contributed by atoms with E-state index in [2.05, 4.69) is 14.9 Å². The van der Waals surface area contributed by atoms with Gasteiger partial charge in [0.1, 0.15) is 13.4 Å². The van der Waals surface area contributed by atoms with Crippen molar-refractivity contribution in [3.05, 3.63) is 23.4 Å². The van der Waals surface area contributed by atoms with Gasteiger partial charge in [0.15, 0.2) is 11.6 Å². The van der Waals surface area contributed by atoms with Crippen LogP contribution in [-0.4, -0.2) is 50.9 Å². The van der Waals surface area contributed by atoms with Gasteiger partial charge in [-0.3, -0.25) is 4.99 Å². The molecule has 25 heavy (non-hydrogen) atoms. The number of aromatic nitrogens is 1. The van der Waals surface area contributed by atoms with E-state index in [1.54, 1.807) is 25.1 Å². The van der Waals surface area contributed by atoms with Gasteiger partial charge in [0.2, 0.25) is 0 Å². The van der Waals surface area contributed by atoms with Crippen LogP contribution < -0.4 is 9.64 Å². The normalized spacial score (nSPS) is 22.8. The molecule has 2 aliphatic rings. The Bertz CT molecular complexity index is 650. The zero-order valence-corrected chi connectivity index (χ0v) is 15.8. The lowest BCUT2D eigenvalue weighted by Gasteiger charge is -2.33. The lowest BCUT2D eigenvalue weighted by atomic mass is 10.1. The molecule has 0 aromatic carbocycles. The van der Waals surface area contributed by atoms with Gasteiger partial charge in [-0.2, -0.15) is 0 Å². The largest absolute Gasteiger partial charge is 0.486 e. The molecule has 0 N–H and O–H groups in total. The molecule has 6 nitrogen and oxygen atoms in total. The number of nitrogens with zero attached hydrogens (tertiary/aromatic N) is 3. The van der Waals surface area contributed by atoms with Crippen molar-refractivity contribution < 1.29 is 14.2 Å². The molecule has 0 aliphatic carbocycles. The van der Waals surface area contributed by atoms with Gasteiger partial charge in [-0.25, -0.2) is 4.98 Å². The van der Waals surface area contributed by atoms with Gasteiger partial charge in [0.25, 0.3) is 0 Å². The summed E-state index contributed by atoms with van der Waals surface area (Å²) in [5.41, 5.74) is 0. The first-order valence-corrected chi connectivity index (χ1v) is 9.36. The van der Waals surface area contributed by atoms with E-state index in [9.17, 15) is 0 Å². The topological polar surface area (TPSA) is 56.2 Å². The minimum absolute atomic E-state index is 0.345. The Morgan fingerprint density at radius 3 is 3.16 bits per heavy atom. The first-order chi connectivity index (χ1) is 12.3. The molecular weight excluding hydrogens is 338 g/mol. The predicted molar refractivity (Wildman–Crippen MR) is 101 cm³/mol. The Kier molecular flexibility index (Phi) is 6.34. The van der Waals surface area contributed by atoms with Crippen molar-refractivity contribution in [2.24, 2.45) is 10.9 Å². The molecule has 0 bridgehead atoms. The lowest BCUT2D eigenvalue weighted by Crippen LogP contribution is -2.39. The van der Waals surface area contributed by atoms with E-state index in [0.717, 1.165) is 34.5 Å². The van der Waals surface area contributed by atoms with Gasteiger partial charge in [-0.05, 0) is 26.3 Å². The van der Waals surface area contributed by atoms with Gasteiger partial charge < -0.3 is 19.1 Å². The van der Waals surface area contributed by atoms with Crippen molar-refractivity contribution in [2.75, 3.05) is 38.6 Å². The predicted octanol–water partition coefficient (Wildman–Crippen LogP) is 3.33. The number of pyridine rings is 1. The highest BCUT2D eigenvalue weighted by Crippen LogP contribution is 2.45. The smallest absolute Gasteiger partial charge is 0.175 e. The Morgan fingerprint density at radius 1 is 1.52 bits per heavy atom. The number of rotatable bonds is 7. The van der Waals surface area contributed by atoms with Gasteiger partial charge in [-0.15, -0.1) is 0 Å². The number of fused-ring (bicyclic) bond motifs is 3. The molecule has 0 radical (unpaired) electrons. The van der Waals surface area contributed by atoms with Gasteiger partial charge in [0.05, 0.1) is 22.6 Å². The average Bonchev–Trinajstić information content (AvgIpc) is 3.05. The number of methoxy groups -OCH3 is 1. The summed E-state index contributed by atoms with van der Waals surface area (Å²) < 4.78 is 16.6. The standard InChI is InChI=1S/C18H25N3O3S/c1-4-16(19-5-2)25-15-6-7-20-18-17(15)24-11-14-8-13(9-21(14)18)10-23-12-22-3/h4-7,13-14H,8-12H2,1-3H3/b16-4+,19-5-/t13-,14?/m0/s1. The zero-order valence-electron chi connectivity index (χ0n) is 15.0. The number of anilines is 1. The highest BCUT2D eigenvalue weighted by molar-refractivity contribution is 8.03. The number of thioether (sulfide) groups is 1. The van der Waals surface area contributed by atoms with Gasteiger partial charge in [-0.1, -0.05) is 17.8 Å². The van der Waals surface area contributed by atoms with Crippen molar-refractivity contribution in [3.63, 3.8) is 0 Å². The fraction of sp³-hybridized carbons (Fsp3) is 0.556. The first kappa shape index (κ1) is 18.2. The van der Waals surface area contributed by atoms with Crippen molar-refractivity contribution in [1.82, 2.24) is 4.98 Å². The average molecular weight is 363 g/mol. The van der Waals surface area contributed by atoms with Crippen molar-refractivity contribution in [3.8, 4) is 5.75 Å². The van der Waals surface area contributed by atoms with Crippen LogP contribution in [0.5, 0.6) is 5.75 Å². The number of hydrogen-bond donors (Lipinski definition) is 0. The maximum Gasteiger partial charge on any atom is 0.175 e. The second-order valence-corrected chi connectivity index (χ2v) is 7.14. The molecule has 3 rings (SSSR count). The quantitative estimate of drug-likeness (QED) is 0.321. The molecule has 0 amide bonds. The molecule has 1 fully saturated rings. The molecule has 0 spiro atoms. The second kappa shape index (κ2) is 8.69. The summed E-state index contributed by atoms with van der Waals surface area (Å²) in [7, 11) is 1.65. The van der Waals surface area contributed by atoms with E-state index in [1.165, 1.54) is 0 Å². The fourth-order valence-corrected chi connectivity index (χ4v) is 4.14. The van der Waals surface area contributed by atoms with Crippen LogP contribution in [0.3, 0.4) is 0 Å². The van der Waals surface area contributed by atoms with Crippen LogP contribution in [0.15, 0.2) is 33.3 Å². The Labute approximate surface area is 153 Å². The summed E-state index contributed by atoms with van der Waals surface area (Å²) in [6.07, 6.45) is 6.72.